The summed E-state index contributed by atoms with van der Waals surface area (Å²) in [6.07, 6.45) is 2.79. The normalized spacial score (nSPS) is 12.6. The first-order valence-electron chi connectivity index (χ1n) is 6.36. The fourth-order valence-corrected chi connectivity index (χ4v) is 2.65. The van der Waals surface area contributed by atoms with Crippen LogP contribution >= 0.6 is 11.3 Å². The minimum Gasteiger partial charge on any atom is -0.503 e. The quantitative estimate of drug-likeness (QED) is 0.887. The van der Waals surface area contributed by atoms with E-state index in [4.69, 9.17) is 5.11 Å². The number of halogens is 2. The molecular weight excluding hydrogens is 282 g/mol. The zero-order chi connectivity index (χ0) is 14.7. The summed E-state index contributed by atoms with van der Waals surface area (Å²) in [4.78, 5) is 5.52. The molecule has 2 N–H and O–H groups in total. The Bertz CT molecular complexity index is 578. The van der Waals surface area contributed by atoms with Crippen LogP contribution < -0.4 is 5.32 Å². The van der Waals surface area contributed by atoms with Gasteiger partial charge in [0.25, 0.3) is 0 Å². The molecule has 0 saturated heterocycles. The van der Waals surface area contributed by atoms with Crippen LogP contribution in [0.5, 0.6) is 5.75 Å². The van der Waals surface area contributed by atoms with Gasteiger partial charge in [0.15, 0.2) is 17.4 Å². The highest BCUT2D eigenvalue weighted by molar-refractivity contribution is 7.11. The molecule has 0 aliphatic rings. The van der Waals surface area contributed by atoms with Crippen LogP contribution in [0.25, 0.3) is 0 Å². The van der Waals surface area contributed by atoms with E-state index in [1.54, 1.807) is 11.3 Å². The van der Waals surface area contributed by atoms with E-state index in [9.17, 15) is 8.78 Å². The van der Waals surface area contributed by atoms with Crippen molar-refractivity contribution in [3.05, 3.63) is 45.4 Å². The Morgan fingerprint density at radius 2 is 2.00 bits per heavy atom. The Balaban J connectivity index is 2.01. The minimum absolute atomic E-state index is 0.000209. The molecule has 3 nitrogen and oxygen atoms in total. The molecule has 0 fully saturated rings. The van der Waals surface area contributed by atoms with Gasteiger partial charge in [-0.1, -0.05) is 6.92 Å². The van der Waals surface area contributed by atoms with Crippen molar-refractivity contribution in [2.45, 2.75) is 32.9 Å². The van der Waals surface area contributed by atoms with Crippen LogP contribution in [0.2, 0.25) is 0 Å². The van der Waals surface area contributed by atoms with Crippen molar-refractivity contribution in [1.29, 1.82) is 0 Å². The van der Waals surface area contributed by atoms with E-state index in [2.05, 4.69) is 17.2 Å². The van der Waals surface area contributed by atoms with Gasteiger partial charge in [-0.3, -0.25) is 0 Å². The van der Waals surface area contributed by atoms with E-state index in [-0.39, 0.29) is 6.04 Å². The van der Waals surface area contributed by atoms with E-state index in [1.165, 1.54) is 4.88 Å². The topological polar surface area (TPSA) is 45.2 Å². The van der Waals surface area contributed by atoms with Crippen molar-refractivity contribution >= 4 is 11.3 Å². The predicted octanol–water partition coefficient (Wildman–Crippen LogP) is 3.54. The molecule has 1 atom stereocenters. The molecule has 1 aromatic carbocycles. The molecule has 20 heavy (non-hydrogen) atoms. The monoisotopic (exact) mass is 298 g/mol. The number of benzene rings is 1. The van der Waals surface area contributed by atoms with Gasteiger partial charge in [-0.15, -0.1) is 11.3 Å². The van der Waals surface area contributed by atoms with Crippen molar-refractivity contribution < 1.29 is 13.9 Å². The molecule has 1 unspecified atom stereocenters. The second-order valence-electron chi connectivity index (χ2n) is 4.53. The Morgan fingerprint density at radius 1 is 1.35 bits per heavy atom. The zero-order valence-corrected chi connectivity index (χ0v) is 12.1. The fraction of sp³-hybridized carbons (Fsp3) is 0.357. The van der Waals surface area contributed by atoms with Crippen molar-refractivity contribution in [1.82, 2.24) is 10.3 Å². The molecule has 1 heterocycles. The van der Waals surface area contributed by atoms with Gasteiger partial charge in [0.05, 0.1) is 6.04 Å². The lowest BCUT2D eigenvalue weighted by molar-refractivity contribution is 0.394. The van der Waals surface area contributed by atoms with Crippen molar-refractivity contribution in [3.8, 4) is 5.75 Å². The van der Waals surface area contributed by atoms with Gasteiger partial charge in [-0.25, -0.2) is 13.8 Å². The maximum Gasteiger partial charge on any atom is 0.187 e. The van der Waals surface area contributed by atoms with Gasteiger partial charge in [-0.05, 0) is 31.0 Å². The maximum absolute atomic E-state index is 13.2. The summed E-state index contributed by atoms with van der Waals surface area (Å²) >= 11 is 1.62. The summed E-state index contributed by atoms with van der Waals surface area (Å²) in [5.74, 6) is -2.83. The van der Waals surface area contributed by atoms with Crippen LogP contribution in [0.1, 0.15) is 35.3 Å². The minimum atomic E-state index is -0.947. The first-order valence-corrected chi connectivity index (χ1v) is 7.17. The molecule has 0 bridgehead atoms. The Kier molecular flexibility index (Phi) is 4.67. The Hall–Kier alpha value is -1.53. The predicted molar refractivity (Wildman–Crippen MR) is 74.8 cm³/mol. The Labute approximate surface area is 120 Å². The van der Waals surface area contributed by atoms with E-state index >= 15 is 0 Å². The number of thiazole rings is 1. The average Bonchev–Trinajstić information content (AvgIpc) is 2.91. The number of nitrogens with one attached hydrogen (secondary N) is 1. The van der Waals surface area contributed by atoms with Crippen LogP contribution in [-0.2, 0) is 13.0 Å². The third-order valence-corrected chi connectivity index (χ3v) is 4.30. The van der Waals surface area contributed by atoms with Gasteiger partial charge >= 0.3 is 0 Å². The summed E-state index contributed by atoms with van der Waals surface area (Å²) in [5, 5.41) is 13.1. The van der Waals surface area contributed by atoms with E-state index in [0.717, 1.165) is 23.6 Å². The standard InChI is InChI=1S/C14H16F2N2OS/c1-3-10-7-18-14(20-10)8(2)17-6-9-4-11(15)13(19)12(16)5-9/h4-5,7-8,17,19H,3,6H2,1-2H3. The third-order valence-electron chi connectivity index (χ3n) is 2.98. The number of phenolic OH excluding ortho intramolecular Hbond substituents is 1. The van der Waals surface area contributed by atoms with Crippen LogP contribution in [0, 0.1) is 11.6 Å². The second-order valence-corrected chi connectivity index (χ2v) is 5.68. The van der Waals surface area contributed by atoms with Gasteiger partial charge in [0, 0.05) is 17.6 Å². The lowest BCUT2D eigenvalue weighted by atomic mass is 10.2. The smallest absolute Gasteiger partial charge is 0.187 e. The Morgan fingerprint density at radius 3 is 2.55 bits per heavy atom. The number of nitrogens with zero attached hydrogens (tertiary/aromatic N) is 1. The summed E-state index contributed by atoms with van der Waals surface area (Å²) in [6.45, 7) is 4.32. The summed E-state index contributed by atoms with van der Waals surface area (Å²) in [6, 6.07) is 2.25. The van der Waals surface area contributed by atoms with Gasteiger partial charge in [0.1, 0.15) is 5.01 Å². The van der Waals surface area contributed by atoms with Crippen LogP contribution in [0.15, 0.2) is 18.3 Å². The number of rotatable bonds is 5. The number of aromatic nitrogens is 1. The highest BCUT2D eigenvalue weighted by atomic mass is 32.1. The second kappa shape index (κ2) is 6.28. The molecule has 0 aliphatic carbocycles. The molecule has 0 aliphatic heterocycles. The SMILES string of the molecule is CCc1cnc(C(C)NCc2cc(F)c(O)c(F)c2)s1. The molecule has 1 aromatic heterocycles. The lowest BCUT2D eigenvalue weighted by Crippen LogP contribution is -2.18. The number of aromatic hydroxyl groups is 1. The number of phenols is 1. The van der Waals surface area contributed by atoms with E-state index in [1.807, 2.05) is 13.1 Å². The first kappa shape index (κ1) is 14.9. The zero-order valence-electron chi connectivity index (χ0n) is 11.3. The maximum atomic E-state index is 13.2. The van der Waals surface area contributed by atoms with Gasteiger partial charge < -0.3 is 10.4 Å². The molecule has 0 radical (unpaired) electrons. The first-order chi connectivity index (χ1) is 9.51. The summed E-state index contributed by atoms with van der Waals surface area (Å²) in [5.41, 5.74) is 0.442. The van der Waals surface area contributed by atoms with Crippen LogP contribution in [0.3, 0.4) is 0 Å². The van der Waals surface area contributed by atoms with Crippen molar-refractivity contribution in [3.63, 3.8) is 0 Å². The van der Waals surface area contributed by atoms with Crippen molar-refractivity contribution in [2.75, 3.05) is 0 Å². The van der Waals surface area contributed by atoms with E-state index in [0.29, 0.717) is 12.1 Å². The number of hydrogen-bond acceptors (Lipinski definition) is 4. The highest BCUT2D eigenvalue weighted by Crippen LogP contribution is 2.23. The largest absolute Gasteiger partial charge is 0.503 e. The number of hydrogen-bond donors (Lipinski definition) is 2. The lowest BCUT2D eigenvalue weighted by Gasteiger charge is -2.11. The third kappa shape index (κ3) is 3.32. The summed E-state index contributed by atoms with van der Waals surface area (Å²) < 4.78 is 26.4. The van der Waals surface area contributed by atoms with Crippen molar-refractivity contribution in [2.24, 2.45) is 0 Å². The highest BCUT2D eigenvalue weighted by Gasteiger charge is 2.12. The summed E-state index contributed by atoms with van der Waals surface area (Å²) in [7, 11) is 0. The molecule has 0 amide bonds. The van der Waals surface area contributed by atoms with Gasteiger partial charge in [-0.2, -0.15) is 0 Å². The molecular formula is C14H16F2N2OS. The molecule has 2 rings (SSSR count). The molecule has 108 valence electrons. The van der Waals surface area contributed by atoms with E-state index < -0.39 is 17.4 Å². The average molecular weight is 298 g/mol. The molecule has 0 spiro atoms. The molecule has 6 heteroatoms. The number of aryl methyl sites for hydroxylation is 1. The molecule has 2 aromatic rings. The van der Waals surface area contributed by atoms with Crippen LogP contribution in [0.4, 0.5) is 8.78 Å². The van der Waals surface area contributed by atoms with Crippen LogP contribution in [-0.4, -0.2) is 10.1 Å². The van der Waals surface area contributed by atoms with Gasteiger partial charge in [0.2, 0.25) is 0 Å². The fourth-order valence-electron chi connectivity index (χ4n) is 1.76. The molecule has 0 saturated carbocycles.